The number of carbonyl (C=O) groups excluding carboxylic acids is 1. The second-order valence-corrected chi connectivity index (χ2v) is 7.49. The number of unbranched alkanes of at least 4 members (excludes halogenated alkanes) is 18. The van der Waals surface area contributed by atoms with Crippen molar-refractivity contribution in [3.63, 3.8) is 0 Å². The largest absolute Gasteiger partial charge is 3.00 e. The molecule has 0 spiro atoms. The Morgan fingerprint density at radius 1 is 0.520 bits per heavy atom. The second-order valence-electron chi connectivity index (χ2n) is 7.49. The molecule has 0 aliphatic heterocycles. The summed E-state index contributed by atoms with van der Waals surface area (Å²) in [6, 6.07) is 0. The Balaban J connectivity index is 0. The monoisotopic (exact) mass is 395 g/mol. The van der Waals surface area contributed by atoms with E-state index in [0.717, 1.165) is 12.8 Å². The van der Waals surface area contributed by atoms with E-state index in [1.54, 1.807) is 0 Å². The fourth-order valence-corrected chi connectivity index (χ4v) is 3.35. The van der Waals surface area contributed by atoms with Crippen molar-refractivity contribution in [2.75, 3.05) is 0 Å². The first kappa shape index (κ1) is 27.2. The average Bonchev–Trinajstić information content (AvgIpc) is 2.56. The molecule has 149 valence electrons. The van der Waals surface area contributed by atoms with E-state index in [-0.39, 0.29) is 23.5 Å². The molecule has 0 fully saturated rings. The van der Waals surface area contributed by atoms with Crippen LogP contribution in [0.1, 0.15) is 135 Å². The summed E-state index contributed by atoms with van der Waals surface area (Å²) in [4.78, 5) is 10.3. The van der Waals surface area contributed by atoms with Gasteiger partial charge in [0.05, 0.1) is 0 Å². The summed E-state index contributed by atoms with van der Waals surface area (Å²) >= 11 is 0. The van der Waals surface area contributed by atoms with Crippen molar-refractivity contribution in [1.29, 1.82) is 0 Å². The van der Waals surface area contributed by atoms with Crippen LogP contribution in [0.3, 0.4) is 0 Å². The molecular formula is C22H43FeO2+2. The zero-order valence-electron chi connectivity index (χ0n) is 16.8. The Bertz CT molecular complexity index is 256. The van der Waals surface area contributed by atoms with Crippen LogP contribution in [0.4, 0.5) is 0 Å². The summed E-state index contributed by atoms with van der Waals surface area (Å²) in [6.07, 6.45) is 25.7. The predicted octanol–water partition coefficient (Wildman–Crippen LogP) is 6.56. The van der Waals surface area contributed by atoms with Crippen LogP contribution in [0, 0.1) is 0 Å². The molecule has 0 amide bonds. The molecular weight excluding hydrogens is 352 g/mol. The fraction of sp³-hybridized carbons (Fsp3) is 0.955. The van der Waals surface area contributed by atoms with Gasteiger partial charge < -0.3 is 9.90 Å². The van der Waals surface area contributed by atoms with Crippen LogP contribution < -0.4 is 5.11 Å². The number of carboxylic acid groups (broad SMARTS) is 1. The molecule has 2 nitrogen and oxygen atoms in total. The van der Waals surface area contributed by atoms with Crippen molar-refractivity contribution in [2.24, 2.45) is 0 Å². The molecule has 0 aromatic rings. The number of hydrogen-bond donors (Lipinski definition) is 0. The normalized spacial score (nSPS) is 10.6. The molecule has 0 saturated carbocycles. The van der Waals surface area contributed by atoms with E-state index in [1.165, 1.54) is 109 Å². The van der Waals surface area contributed by atoms with Gasteiger partial charge >= 0.3 is 17.1 Å². The maximum Gasteiger partial charge on any atom is 3.00 e. The average molecular weight is 395 g/mol. The number of aliphatic carboxylic acids is 1. The van der Waals surface area contributed by atoms with Crippen LogP contribution >= 0.6 is 0 Å². The maximum absolute atomic E-state index is 10.3. The third-order valence-electron chi connectivity index (χ3n) is 4.98. The SMILES string of the molecule is CCCCCCCCCCCCCCCCCCCCCC(=O)[O-].[Fe+3]. The van der Waals surface area contributed by atoms with Gasteiger partial charge in [0.15, 0.2) is 0 Å². The van der Waals surface area contributed by atoms with Gasteiger partial charge in [-0.25, -0.2) is 0 Å². The van der Waals surface area contributed by atoms with Gasteiger partial charge in [0.2, 0.25) is 0 Å². The Labute approximate surface area is 168 Å². The molecule has 0 aliphatic carbocycles. The molecule has 0 bridgehead atoms. The predicted molar refractivity (Wildman–Crippen MR) is 103 cm³/mol. The van der Waals surface area contributed by atoms with Gasteiger partial charge in [0, 0.05) is 5.97 Å². The van der Waals surface area contributed by atoms with Crippen molar-refractivity contribution in [3.05, 3.63) is 0 Å². The molecule has 0 heterocycles. The van der Waals surface area contributed by atoms with Gasteiger partial charge in [-0.3, -0.25) is 0 Å². The van der Waals surface area contributed by atoms with Crippen molar-refractivity contribution >= 4 is 5.97 Å². The summed E-state index contributed by atoms with van der Waals surface area (Å²) in [5.41, 5.74) is 0. The van der Waals surface area contributed by atoms with Gasteiger partial charge in [-0.15, -0.1) is 0 Å². The molecule has 0 atom stereocenters. The minimum absolute atomic E-state index is 0. The number of carboxylic acids is 1. The van der Waals surface area contributed by atoms with E-state index < -0.39 is 5.97 Å². The van der Waals surface area contributed by atoms with E-state index in [0.29, 0.717) is 0 Å². The molecule has 0 aromatic heterocycles. The summed E-state index contributed by atoms with van der Waals surface area (Å²) < 4.78 is 0. The first-order chi connectivity index (χ1) is 11.8. The summed E-state index contributed by atoms with van der Waals surface area (Å²) in [7, 11) is 0. The quantitative estimate of drug-likeness (QED) is 0.173. The molecule has 0 rings (SSSR count). The molecule has 1 radical (unpaired) electrons. The minimum Gasteiger partial charge on any atom is -0.550 e. The third kappa shape index (κ3) is 26.3. The molecule has 0 N–H and O–H groups in total. The molecule has 0 aromatic carbocycles. The first-order valence-electron chi connectivity index (χ1n) is 11.0. The fourth-order valence-electron chi connectivity index (χ4n) is 3.35. The first-order valence-corrected chi connectivity index (χ1v) is 11.0. The van der Waals surface area contributed by atoms with Crippen molar-refractivity contribution < 1.29 is 27.0 Å². The standard InChI is InChI=1S/C22H44O2.Fe/c1-2-3-4-5-6-7-8-9-10-11-12-13-14-15-16-17-18-19-20-21-22(23)24;/h2-21H2,1H3,(H,23,24);/q;+3/p-1. The third-order valence-corrected chi connectivity index (χ3v) is 4.98. The van der Waals surface area contributed by atoms with Crippen molar-refractivity contribution in [1.82, 2.24) is 0 Å². The Hall–Kier alpha value is -0.0105. The Morgan fingerprint density at radius 2 is 0.760 bits per heavy atom. The number of rotatable bonds is 20. The van der Waals surface area contributed by atoms with Crippen molar-refractivity contribution in [3.8, 4) is 0 Å². The summed E-state index contributed by atoms with van der Waals surface area (Å²) in [6.45, 7) is 2.28. The maximum atomic E-state index is 10.3. The number of carbonyl (C=O) groups is 1. The van der Waals surface area contributed by atoms with Gasteiger partial charge in [0.1, 0.15) is 0 Å². The molecule has 0 unspecified atom stereocenters. The Kier molecular flexibility index (Phi) is 26.1. The van der Waals surface area contributed by atoms with Crippen LogP contribution in [0.2, 0.25) is 0 Å². The van der Waals surface area contributed by atoms with Crippen LogP contribution in [0.25, 0.3) is 0 Å². The van der Waals surface area contributed by atoms with E-state index in [4.69, 9.17) is 0 Å². The van der Waals surface area contributed by atoms with Crippen LogP contribution in [0.5, 0.6) is 0 Å². The van der Waals surface area contributed by atoms with Crippen LogP contribution in [-0.4, -0.2) is 5.97 Å². The summed E-state index contributed by atoms with van der Waals surface area (Å²) in [5, 5.41) is 10.3. The topological polar surface area (TPSA) is 40.1 Å². The smallest absolute Gasteiger partial charge is 0.550 e. The minimum atomic E-state index is -0.901. The van der Waals surface area contributed by atoms with E-state index in [2.05, 4.69) is 6.92 Å². The van der Waals surface area contributed by atoms with Crippen LogP contribution in [0.15, 0.2) is 0 Å². The number of hydrogen-bond acceptors (Lipinski definition) is 2. The molecule has 3 heteroatoms. The second kappa shape index (κ2) is 24.0. The zero-order chi connectivity index (χ0) is 17.7. The summed E-state index contributed by atoms with van der Waals surface area (Å²) in [5.74, 6) is -0.901. The van der Waals surface area contributed by atoms with Crippen molar-refractivity contribution in [2.45, 2.75) is 135 Å². The molecule has 0 saturated heterocycles. The van der Waals surface area contributed by atoms with Gasteiger partial charge in [-0.05, 0) is 12.8 Å². The molecule has 0 aliphatic rings. The van der Waals surface area contributed by atoms with E-state index >= 15 is 0 Å². The van der Waals surface area contributed by atoms with E-state index in [1.807, 2.05) is 0 Å². The van der Waals surface area contributed by atoms with Gasteiger partial charge in [-0.2, -0.15) is 0 Å². The van der Waals surface area contributed by atoms with Crippen LogP contribution in [-0.2, 0) is 21.9 Å². The Morgan fingerprint density at radius 3 is 1.00 bits per heavy atom. The van der Waals surface area contributed by atoms with Gasteiger partial charge in [-0.1, -0.05) is 122 Å². The van der Waals surface area contributed by atoms with E-state index in [9.17, 15) is 9.90 Å². The van der Waals surface area contributed by atoms with Gasteiger partial charge in [0.25, 0.3) is 0 Å². The molecule has 25 heavy (non-hydrogen) atoms. The zero-order valence-corrected chi connectivity index (χ0v) is 17.9.